The lowest BCUT2D eigenvalue weighted by atomic mass is 9.94. The molecule has 4 heteroatoms. The van der Waals surface area contributed by atoms with Crippen molar-refractivity contribution in [2.75, 3.05) is 4.90 Å². The number of ether oxygens (including phenoxy) is 1. The van der Waals surface area contributed by atoms with E-state index in [2.05, 4.69) is 55.6 Å². The number of amides is 1. The first-order chi connectivity index (χ1) is 12.6. The van der Waals surface area contributed by atoms with Gasteiger partial charge in [0.05, 0.1) is 5.00 Å². The zero-order valence-electron chi connectivity index (χ0n) is 15.4. The highest BCUT2D eigenvalue weighted by Gasteiger charge is 2.26. The van der Waals surface area contributed by atoms with E-state index >= 15 is 0 Å². The van der Waals surface area contributed by atoms with Crippen LogP contribution in [0.5, 0.6) is 5.75 Å². The van der Waals surface area contributed by atoms with Crippen molar-refractivity contribution in [2.45, 2.75) is 57.6 Å². The maximum atomic E-state index is 11.8. The van der Waals surface area contributed by atoms with Gasteiger partial charge >= 0.3 is 0 Å². The minimum Gasteiger partial charge on any atom is -0.483 e. The normalized spacial score (nSPS) is 18.8. The lowest BCUT2D eigenvalue weighted by molar-refractivity contribution is -0.108. The zero-order valence-corrected chi connectivity index (χ0v) is 16.2. The third-order valence-corrected chi connectivity index (χ3v) is 6.25. The number of fused-ring (bicyclic) bond motifs is 1. The molecule has 0 unspecified atom stereocenters. The SMILES string of the molecule is CC1(C)C=Cc2cccc(-c3csc(N(C=O)C4CCCCC4)c3)c2O1. The molecule has 0 atom stereocenters. The summed E-state index contributed by atoms with van der Waals surface area (Å²) in [6, 6.07) is 8.73. The molecule has 0 radical (unpaired) electrons. The minimum absolute atomic E-state index is 0.307. The quantitative estimate of drug-likeness (QED) is 0.630. The Hall–Kier alpha value is -2.07. The van der Waals surface area contributed by atoms with Gasteiger partial charge in [0, 0.05) is 22.5 Å². The van der Waals surface area contributed by atoms with E-state index in [9.17, 15) is 4.79 Å². The Morgan fingerprint density at radius 1 is 1.23 bits per heavy atom. The number of carbonyl (C=O) groups is 1. The monoisotopic (exact) mass is 367 g/mol. The van der Waals surface area contributed by atoms with Gasteiger partial charge in [-0.05, 0) is 44.4 Å². The molecule has 26 heavy (non-hydrogen) atoms. The first-order valence-electron chi connectivity index (χ1n) is 9.41. The zero-order chi connectivity index (χ0) is 18.1. The van der Waals surface area contributed by atoms with Crippen molar-refractivity contribution in [3.8, 4) is 16.9 Å². The number of benzene rings is 1. The summed E-state index contributed by atoms with van der Waals surface area (Å²) in [6.07, 6.45) is 11.2. The van der Waals surface area contributed by atoms with Crippen molar-refractivity contribution in [1.29, 1.82) is 0 Å². The Labute approximate surface area is 159 Å². The van der Waals surface area contributed by atoms with E-state index in [0.29, 0.717) is 6.04 Å². The topological polar surface area (TPSA) is 29.5 Å². The molecule has 0 bridgehead atoms. The highest BCUT2D eigenvalue weighted by Crippen LogP contribution is 2.42. The molecule has 4 rings (SSSR count). The molecule has 2 aliphatic rings. The molecular formula is C22H25NO2S. The van der Waals surface area contributed by atoms with Crippen LogP contribution in [0.25, 0.3) is 17.2 Å². The molecule has 0 N–H and O–H groups in total. The second-order valence-electron chi connectivity index (χ2n) is 7.74. The summed E-state index contributed by atoms with van der Waals surface area (Å²) in [7, 11) is 0. The smallest absolute Gasteiger partial charge is 0.215 e. The van der Waals surface area contributed by atoms with Crippen molar-refractivity contribution in [3.63, 3.8) is 0 Å². The van der Waals surface area contributed by atoms with Gasteiger partial charge in [-0.25, -0.2) is 0 Å². The van der Waals surface area contributed by atoms with Crippen LogP contribution in [-0.4, -0.2) is 18.1 Å². The third-order valence-electron chi connectivity index (χ3n) is 5.31. The second kappa shape index (κ2) is 6.92. The van der Waals surface area contributed by atoms with Gasteiger partial charge in [0.1, 0.15) is 11.4 Å². The molecule has 1 aliphatic heterocycles. The van der Waals surface area contributed by atoms with E-state index in [4.69, 9.17) is 4.74 Å². The Balaban J connectivity index is 1.67. The van der Waals surface area contributed by atoms with Crippen LogP contribution < -0.4 is 9.64 Å². The molecule has 136 valence electrons. The van der Waals surface area contributed by atoms with Crippen LogP contribution in [0.4, 0.5) is 5.00 Å². The lowest BCUT2D eigenvalue weighted by Crippen LogP contribution is -2.35. The number of rotatable bonds is 4. The first kappa shape index (κ1) is 17.3. The maximum absolute atomic E-state index is 11.8. The number of anilines is 1. The predicted octanol–water partition coefficient (Wildman–Crippen LogP) is 5.89. The van der Waals surface area contributed by atoms with Gasteiger partial charge in [-0.2, -0.15) is 0 Å². The van der Waals surface area contributed by atoms with E-state index in [-0.39, 0.29) is 5.60 Å². The number of hydrogen-bond donors (Lipinski definition) is 0. The van der Waals surface area contributed by atoms with E-state index in [1.165, 1.54) is 19.3 Å². The molecular weight excluding hydrogens is 342 g/mol. The van der Waals surface area contributed by atoms with Crippen LogP contribution in [-0.2, 0) is 4.79 Å². The summed E-state index contributed by atoms with van der Waals surface area (Å²) in [4.78, 5) is 13.7. The second-order valence-corrected chi connectivity index (χ2v) is 8.63. The molecule has 3 nitrogen and oxygen atoms in total. The first-order valence-corrected chi connectivity index (χ1v) is 10.3. The van der Waals surface area contributed by atoms with Gasteiger partial charge in [0.2, 0.25) is 6.41 Å². The summed E-state index contributed by atoms with van der Waals surface area (Å²) >= 11 is 1.64. The van der Waals surface area contributed by atoms with Gasteiger partial charge < -0.3 is 9.64 Å². The maximum Gasteiger partial charge on any atom is 0.215 e. The number of para-hydroxylation sites is 1. The van der Waals surface area contributed by atoms with Crippen molar-refractivity contribution in [3.05, 3.63) is 41.3 Å². The standard InChI is InChI=1S/C22H25NO2S/c1-22(2)12-11-16-7-6-10-19(21(16)25-22)17-13-20(26-14-17)23(15-24)18-8-4-3-5-9-18/h6-7,10-15,18H,3-5,8-9H2,1-2H3. The molecule has 1 aromatic carbocycles. The van der Waals surface area contributed by atoms with Gasteiger partial charge in [-0.1, -0.05) is 43.5 Å². The van der Waals surface area contributed by atoms with Crippen molar-refractivity contribution in [2.24, 2.45) is 0 Å². The summed E-state index contributed by atoms with van der Waals surface area (Å²) in [5, 5.41) is 3.17. The fraction of sp³-hybridized carbons (Fsp3) is 0.409. The molecule has 0 saturated heterocycles. The number of hydrogen-bond acceptors (Lipinski definition) is 3. The summed E-state index contributed by atoms with van der Waals surface area (Å²) in [5.74, 6) is 0.930. The van der Waals surface area contributed by atoms with Crippen LogP contribution in [0, 0.1) is 0 Å². The van der Waals surface area contributed by atoms with Crippen LogP contribution in [0.15, 0.2) is 35.7 Å². The predicted molar refractivity (Wildman–Crippen MR) is 109 cm³/mol. The Bertz CT molecular complexity index is 830. The minimum atomic E-state index is -0.307. The molecule has 1 aromatic heterocycles. The van der Waals surface area contributed by atoms with Crippen LogP contribution in [0.2, 0.25) is 0 Å². The fourth-order valence-corrected chi connectivity index (χ4v) is 4.85. The molecule has 1 amide bonds. The van der Waals surface area contributed by atoms with E-state index in [1.807, 2.05) is 4.90 Å². The van der Waals surface area contributed by atoms with Crippen LogP contribution >= 0.6 is 11.3 Å². The molecule has 1 saturated carbocycles. The van der Waals surface area contributed by atoms with Gasteiger partial charge in [-0.15, -0.1) is 11.3 Å². The highest BCUT2D eigenvalue weighted by atomic mass is 32.1. The van der Waals surface area contributed by atoms with Gasteiger partial charge in [0.25, 0.3) is 0 Å². The van der Waals surface area contributed by atoms with Gasteiger partial charge in [-0.3, -0.25) is 4.79 Å². The van der Waals surface area contributed by atoms with Crippen LogP contribution in [0.3, 0.4) is 0 Å². The lowest BCUT2D eigenvalue weighted by Gasteiger charge is -2.30. The molecule has 2 aromatic rings. The van der Waals surface area contributed by atoms with Crippen molar-refractivity contribution in [1.82, 2.24) is 0 Å². The molecule has 0 spiro atoms. The summed E-state index contributed by atoms with van der Waals surface area (Å²) in [5.41, 5.74) is 3.01. The molecule has 1 aliphatic carbocycles. The van der Waals surface area contributed by atoms with E-state index < -0.39 is 0 Å². The largest absolute Gasteiger partial charge is 0.483 e. The van der Waals surface area contributed by atoms with E-state index in [1.54, 1.807) is 11.3 Å². The number of carbonyl (C=O) groups excluding carboxylic acids is 1. The van der Waals surface area contributed by atoms with Gasteiger partial charge in [0.15, 0.2) is 0 Å². The van der Waals surface area contributed by atoms with Crippen molar-refractivity contribution >= 4 is 28.8 Å². The molecule has 1 fully saturated rings. The van der Waals surface area contributed by atoms with Crippen molar-refractivity contribution < 1.29 is 9.53 Å². The summed E-state index contributed by atoms with van der Waals surface area (Å²) in [6.45, 7) is 4.14. The average molecular weight is 368 g/mol. The average Bonchev–Trinajstić information content (AvgIpc) is 3.11. The Morgan fingerprint density at radius 2 is 2.04 bits per heavy atom. The Kier molecular flexibility index (Phi) is 4.62. The highest BCUT2D eigenvalue weighted by molar-refractivity contribution is 7.14. The summed E-state index contributed by atoms with van der Waals surface area (Å²) < 4.78 is 6.25. The number of nitrogens with zero attached hydrogens (tertiary/aromatic N) is 1. The van der Waals surface area contributed by atoms with Crippen LogP contribution in [0.1, 0.15) is 51.5 Å². The fourth-order valence-electron chi connectivity index (χ4n) is 3.89. The van der Waals surface area contributed by atoms with E-state index in [0.717, 1.165) is 46.7 Å². The third kappa shape index (κ3) is 3.30. The molecule has 2 heterocycles. The number of thiophene rings is 1. The Morgan fingerprint density at radius 3 is 2.81 bits per heavy atom.